The number of carbonyl (C=O) groups is 1. The zero-order valence-electron chi connectivity index (χ0n) is 15.6. The summed E-state index contributed by atoms with van der Waals surface area (Å²) in [5.41, 5.74) is 2.75. The van der Waals surface area contributed by atoms with Crippen LogP contribution in [0.5, 0.6) is 0 Å². The highest BCUT2D eigenvalue weighted by molar-refractivity contribution is 5.96. The fourth-order valence-corrected chi connectivity index (χ4v) is 3.23. The molecule has 0 saturated carbocycles. The number of benzene rings is 2. The number of hydrogen-bond donors (Lipinski definition) is 2. The smallest absolute Gasteiger partial charge is 0.246 e. The molecule has 1 aromatic heterocycles. The number of nitrogens with zero attached hydrogens (tertiary/aromatic N) is 2. The molecule has 6 nitrogen and oxygen atoms in total. The number of rotatable bonds is 5. The maximum absolute atomic E-state index is 13.3. The van der Waals surface area contributed by atoms with Crippen molar-refractivity contribution in [3.05, 3.63) is 65.4 Å². The average molecular weight is 398 g/mol. The molecule has 3 aromatic rings. The van der Waals surface area contributed by atoms with Crippen molar-refractivity contribution in [1.82, 2.24) is 15.1 Å². The van der Waals surface area contributed by atoms with Gasteiger partial charge in [0.1, 0.15) is 11.6 Å². The van der Waals surface area contributed by atoms with Gasteiger partial charge in [-0.05, 0) is 42.0 Å². The van der Waals surface area contributed by atoms with Gasteiger partial charge in [-0.15, -0.1) is 0 Å². The van der Waals surface area contributed by atoms with Crippen LogP contribution in [0.4, 0.5) is 14.5 Å². The Morgan fingerprint density at radius 2 is 1.93 bits per heavy atom. The van der Waals surface area contributed by atoms with Crippen molar-refractivity contribution in [1.29, 1.82) is 0 Å². The zero-order valence-corrected chi connectivity index (χ0v) is 15.6. The topological polar surface area (TPSA) is 70.2 Å². The van der Waals surface area contributed by atoms with E-state index in [0.29, 0.717) is 37.6 Å². The van der Waals surface area contributed by atoms with Crippen LogP contribution in [-0.4, -0.2) is 47.3 Å². The number of amides is 1. The molecule has 0 unspecified atom stereocenters. The summed E-state index contributed by atoms with van der Waals surface area (Å²) in [5.74, 6) is -1.29. The fraction of sp³-hybridized carbons (Fsp3) is 0.238. The molecule has 8 heteroatoms. The van der Waals surface area contributed by atoms with Crippen molar-refractivity contribution in [2.75, 3.05) is 31.6 Å². The maximum Gasteiger partial charge on any atom is 0.246 e. The lowest BCUT2D eigenvalue weighted by Crippen LogP contribution is -2.39. The minimum Gasteiger partial charge on any atom is -0.381 e. The first-order valence-corrected chi connectivity index (χ1v) is 9.30. The molecule has 0 radical (unpaired) electrons. The molecule has 0 spiro atoms. The Morgan fingerprint density at radius 3 is 2.69 bits per heavy atom. The van der Waals surface area contributed by atoms with Gasteiger partial charge in [0.2, 0.25) is 5.91 Å². The van der Waals surface area contributed by atoms with E-state index >= 15 is 0 Å². The molecule has 2 heterocycles. The van der Waals surface area contributed by atoms with E-state index in [1.807, 2.05) is 18.2 Å². The van der Waals surface area contributed by atoms with Crippen molar-refractivity contribution in [2.45, 2.75) is 6.54 Å². The lowest BCUT2D eigenvalue weighted by atomic mass is 10.1. The van der Waals surface area contributed by atoms with Crippen LogP contribution in [0.25, 0.3) is 17.0 Å². The van der Waals surface area contributed by atoms with Gasteiger partial charge in [0, 0.05) is 42.9 Å². The van der Waals surface area contributed by atoms with Gasteiger partial charge < -0.3 is 15.0 Å². The molecule has 0 aliphatic carbocycles. The van der Waals surface area contributed by atoms with E-state index in [9.17, 15) is 13.6 Å². The van der Waals surface area contributed by atoms with Gasteiger partial charge in [0.25, 0.3) is 0 Å². The Balaban J connectivity index is 1.48. The number of aromatic amines is 1. The lowest BCUT2D eigenvalue weighted by Gasteiger charge is -2.25. The van der Waals surface area contributed by atoms with Crippen LogP contribution in [0.1, 0.15) is 11.3 Å². The van der Waals surface area contributed by atoms with Crippen molar-refractivity contribution >= 4 is 28.6 Å². The van der Waals surface area contributed by atoms with Gasteiger partial charge in [0.15, 0.2) is 0 Å². The first-order valence-electron chi connectivity index (χ1n) is 9.30. The Kier molecular flexibility index (Phi) is 5.53. The summed E-state index contributed by atoms with van der Waals surface area (Å²) in [6.45, 7) is 2.54. The predicted molar refractivity (Wildman–Crippen MR) is 106 cm³/mol. The summed E-state index contributed by atoms with van der Waals surface area (Å²) in [7, 11) is 0. The summed E-state index contributed by atoms with van der Waals surface area (Å²) >= 11 is 0. The highest BCUT2D eigenvalue weighted by Crippen LogP contribution is 2.22. The summed E-state index contributed by atoms with van der Waals surface area (Å²) < 4.78 is 31.9. The minimum atomic E-state index is -0.607. The molecule has 0 atom stereocenters. The summed E-state index contributed by atoms with van der Waals surface area (Å²) in [4.78, 5) is 14.0. The molecule has 2 aromatic carbocycles. The highest BCUT2D eigenvalue weighted by atomic mass is 19.1. The first-order chi connectivity index (χ1) is 14.1. The summed E-state index contributed by atoms with van der Waals surface area (Å²) in [6.07, 6.45) is 3.19. The minimum absolute atomic E-state index is 0.0770. The Labute approximate surface area is 166 Å². The largest absolute Gasteiger partial charge is 0.381 e. The molecule has 1 saturated heterocycles. The van der Waals surface area contributed by atoms with Gasteiger partial charge in [-0.25, -0.2) is 8.78 Å². The molecule has 0 bridgehead atoms. The van der Waals surface area contributed by atoms with Crippen LogP contribution in [-0.2, 0) is 16.1 Å². The van der Waals surface area contributed by atoms with E-state index in [0.717, 1.165) is 22.7 Å². The van der Waals surface area contributed by atoms with E-state index < -0.39 is 11.6 Å². The monoisotopic (exact) mass is 398 g/mol. The summed E-state index contributed by atoms with van der Waals surface area (Å²) in [6, 6.07) is 9.02. The third kappa shape index (κ3) is 4.60. The molecule has 1 fully saturated rings. The number of H-pyrrole nitrogens is 1. The number of nitrogens with one attached hydrogen (secondary N) is 2. The van der Waals surface area contributed by atoms with Crippen LogP contribution in [0.3, 0.4) is 0 Å². The number of halogens is 2. The lowest BCUT2D eigenvalue weighted by molar-refractivity contribution is -0.129. The second kappa shape index (κ2) is 8.40. The number of morpholine rings is 1. The molecule has 1 amide bonds. The van der Waals surface area contributed by atoms with E-state index in [2.05, 4.69) is 15.5 Å². The van der Waals surface area contributed by atoms with Gasteiger partial charge >= 0.3 is 0 Å². The maximum atomic E-state index is 13.3. The number of carbonyl (C=O) groups excluding carboxylic acids is 1. The normalized spacial score (nSPS) is 14.6. The quantitative estimate of drug-likeness (QED) is 0.647. The van der Waals surface area contributed by atoms with Crippen LogP contribution in [0, 0.1) is 11.6 Å². The van der Waals surface area contributed by atoms with Crippen LogP contribution in [0.15, 0.2) is 42.5 Å². The van der Waals surface area contributed by atoms with E-state index in [1.165, 1.54) is 18.2 Å². The third-order valence-electron chi connectivity index (χ3n) is 4.72. The Bertz CT molecular complexity index is 1040. The third-order valence-corrected chi connectivity index (χ3v) is 4.72. The van der Waals surface area contributed by atoms with Crippen molar-refractivity contribution in [3.63, 3.8) is 0 Å². The van der Waals surface area contributed by atoms with Gasteiger partial charge in [-0.2, -0.15) is 5.10 Å². The Hall–Kier alpha value is -3.26. The van der Waals surface area contributed by atoms with Crippen molar-refractivity contribution in [3.8, 4) is 0 Å². The van der Waals surface area contributed by atoms with Gasteiger partial charge in [0.05, 0.1) is 24.4 Å². The number of ether oxygens (including phenoxy) is 1. The molecule has 2 N–H and O–H groups in total. The molecule has 29 heavy (non-hydrogen) atoms. The van der Waals surface area contributed by atoms with Crippen molar-refractivity contribution in [2.24, 2.45) is 0 Å². The molecular formula is C21H20F2N4O2. The fourth-order valence-electron chi connectivity index (χ4n) is 3.23. The van der Waals surface area contributed by atoms with Gasteiger partial charge in [-0.1, -0.05) is 0 Å². The second-order valence-corrected chi connectivity index (χ2v) is 6.77. The number of anilines is 1. The van der Waals surface area contributed by atoms with E-state index in [1.54, 1.807) is 11.0 Å². The zero-order chi connectivity index (χ0) is 20.2. The molecule has 150 valence electrons. The molecule has 4 rings (SSSR count). The SMILES string of the molecule is O=C(/C=C/c1n[nH]c2ccc(NCc3cc(F)cc(F)c3)cc12)N1CCOCC1. The predicted octanol–water partition coefficient (Wildman–Crippen LogP) is 3.33. The van der Waals surface area contributed by atoms with E-state index in [-0.39, 0.29) is 12.5 Å². The second-order valence-electron chi connectivity index (χ2n) is 6.77. The molecule has 1 aliphatic rings. The summed E-state index contributed by atoms with van der Waals surface area (Å²) in [5, 5.41) is 11.2. The van der Waals surface area contributed by atoms with Gasteiger partial charge in [-0.3, -0.25) is 9.89 Å². The Morgan fingerprint density at radius 1 is 1.17 bits per heavy atom. The first kappa shape index (κ1) is 19.1. The van der Waals surface area contributed by atoms with E-state index in [4.69, 9.17) is 4.74 Å². The molecular weight excluding hydrogens is 378 g/mol. The highest BCUT2D eigenvalue weighted by Gasteiger charge is 2.14. The standard InChI is InChI=1S/C21H20F2N4O2/c22-15-9-14(10-16(23)11-15)13-24-17-1-2-19-18(12-17)20(26-25-19)3-4-21(28)27-5-7-29-8-6-27/h1-4,9-12,24H,5-8,13H2,(H,25,26)/b4-3+. The van der Waals surface area contributed by atoms with Crippen LogP contribution < -0.4 is 5.32 Å². The van der Waals surface area contributed by atoms with Crippen LogP contribution in [0.2, 0.25) is 0 Å². The van der Waals surface area contributed by atoms with Crippen LogP contribution >= 0.6 is 0 Å². The number of aromatic nitrogens is 2. The number of hydrogen-bond acceptors (Lipinski definition) is 4. The molecule has 1 aliphatic heterocycles. The number of fused-ring (bicyclic) bond motifs is 1. The average Bonchev–Trinajstić information content (AvgIpc) is 3.13. The van der Waals surface area contributed by atoms with Crippen molar-refractivity contribution < 1.29 is 18.3 Å².